The zero-order valence-corrected chi connectivity index (χ0v) is 12.2. The molecule has 0 aromatic rings. The van der Waals surface area contributed by atoms with Crippen molar-refractivity contribution in [1.29, 1.82) is 0 Å². The number of urea groups is 1. The van der Waals surface area contributed by atoms with E-state index in [2.05, 4.69) is 17.5 Å². The molecule has 0 spiro atoms. The van der Waals surface area contributed by atoms with Crippen LogP contribution in [-0.4, -0.2) is 25.5 Å². The lowest BCUT2D eigenvalue weighted by Crippen LogP contribution is -2.24. The lowest BCUT2D eigenvalue weighted by molar-refractivity contribution is 0.137. The van der Waals surface area contributed by atoms with Crippen LogP contribution in [0.15, 0.2) is 5.10 Å². The molecule has 5 heteroatoms. The summed E-state index contributed by atoms with van der Waals surface area (Å²) in [5.41, 5.74) is 6.98. The summed E-state index contributed by atoms with van der Waals surface area (Å²) in [6.45, 7) is 3.69. The van der Waals surface area contributed by atoms with Crippen molar-refractivity contribution >= 4 is 12.2 Å². The largest absolute Gasteiger partial charge is 0.381 e. The van der Waals surface area contributed by atoms with E-state index in [0.29, 0.717) is 13.0 Å². The predicted octanol–water partition coefficient (Wildman–Crippen LogP) is 3.19. The number of nitrogens with one attached hydrogen (secondary N) is 1. The molecule has 0 saturated carbocycles. The molecular formula is C14H29N3O2. The fourth-order valence-corrected chi connectivity index (χ4v) is 1.75. The summed E-state index contributed by atoms with van der Waals surface area (Å²) in [4.78, 5) is 10.3. The van der Waals surface area contributed by atoms with Gasteiger partial charge in [-0.05, 0) is 6.42 Å². The Morgan fingerprint density at radius 2 is 1.74 bits per heavy atom. The summed E-state index contributed by atoms with van der Waals surface area (Å²) in [7, 11) is 0. The molecule has 5 nitrogen and oxygen atoms in total. The van der Waals surface area contributed by atoms with Crippen LogP contribution in [-0.2, 0) is 4.74 Å². The molecule has 0 rings (SSSR count). The molecule has 0 radical (unpaired) electrons. The predicted molar refractivity (Wildman–Crippen MR) is 79.3 cm³/mol. The Hall–Kier alpha value is -1.10. The maximum absolute atomic E-state index is 10.3. The van der Waals surface area contributed by atoms with Crippen molar-refractivity contribution in [1.82, 2.24) is 5.43 Å². The SMILES string of the molecule is CCCCCCCCCCOCCC=NNC(N)=O. The van der Waals surface area contributed by atoms with E-state index >= 15 is 0 Å². The second-order valence-electron chi connectivity index (χ2n) is 4.66. The third-order valence-electron chi connectivity index (χ3n) is 2.80. The van der Waals surface area contributed by atoms with Gasteiger partial charge in [0.05, 0.1) is 6.61 Å². The molecular weight excluding hydrogens is 242 g/mol. The highest BCUT2D eigenvalue weighted by Crippen LogP contribution is 2.08. The second kappa shape index (κ2) is 15.0. The molecule has 0 aromatic carbocycles. The number of ether oxygens (including phenoxy) is 1. The van der Waals surface area contributed by atoms with Crippen molar-refractivity contribution in [3.63, 3.8) is 0 Å². The molecule has 0 saturated heterocycles. The number of hydrogen-bond donors (Lipinski definition) is 2. The minimum atomic E-state index is -0.642. The van der Waals surface area contributed by atoms with Crippen molar-refractivity contribution < 1.29 is 9.53 Å². The van der Waals surface area contributed by atoms with Crippen molar-refractivity contribution in [3.05, 3.63) is 0 Å². The van der Waals surface area contributed by atoms with Crippen LogP contribution in [0.2, 0.25) is 0 Å². The zero-order valence-electron chi connectivity index (χ0n) is 12.2. The first kappa shape index (κ1) is 17.9. The Kier molecular flexibility index (Phi) is 14.1. The number of nitrogens with zero attached hydrogens (tertiary/aromatic N) is 1. The fraction of sp³-hybridized carbons (Fsp3) is 0.857. The van der Waals surface area contributed by atoms with Crippen LogP contribution in [0.5, 0.6) is 0 Å². The number of rotatable bonds is 13. The molecule has 0 atom stereocenters. The maximum Gasteiger partial charge on any atom is 0.332 e. The number of hydrazone groups is 1. The fourth-order valence-electron chi connectivity index (χ4n) is 1.75. The lowest BCUT2D eigenvalue weighted by Gasteiger charge is -2.03. The van der Waals surface area contributed by atoms with E-state index < -0.39 is 6.03 Å². The number of carbonyl (C=O) groups is 1. The molecule has 0 heterocycles. The van der Waals surface area contributed by atoms with E-state index in [1.54, 1.807) is 6.21 Å². The maximum atomic E-state index is 10.3. The molecule has 19 heavy (non-hydrogen) atoms. The van der Waals surface area contributed by atoms with Crippen molar-refractivity contribution in [3.8, 4) is 0 Å². The number of carbonyl (C=O) groups excluding carboxylic acids is 1. The van der Waals surface area contributed by atoms with E-state index in [9.17, 15) is 4.79 Å². The Balaban J connectivity index is 3.02. The van der Waals surface area contributed by atoms with Gasteiger partial charge in [0.25, 0.3) is 0 Å². The Labute approximate surface area is 117 Å². The van der Waals surface area contributed by atoms with Gasteiger partial charge in [0, 0.05) is 19.2 Å². The van der Waals surface area contributed by atoms with Crippen molar-refractivity contribution in [2.24, 2.45) is 10.8 Å². The number of hydrogen-bond acceptors (Lipinski definition) is 3. The lowest BCUT2D eigenvalue weighted by atomic mass is 10.1. The molecule has 0 aliphatic heterocycles. The molecule has 0 fully saturated rings. The summed E-state index contributed by atoms with van der Waals surface area (Å²) in [6, 6.07) is -0.642. The minimum Gasteiger partial charge on any atom is -0.381 e. The molecule has 0 unspecified atom stereocenters. The van der Waals surface area contributed by atoms with Crippen molar-refractivity contribution in [2.45, 2.75) is 64.7 Å². The Morgan fingerprint density at radius 3 is 2.37 bits per heavy atom. The van der Waals surface area contributed by atoms with E-state index in [4.69, 9.17) is 10.5 Å². The van der Waals surface area contributed by atoms with E-state index in [1.807, 2.05) is 0 Å². The third kappa shape index (κ3) is 16.9. The average Bonchev–Trinajstić information content (AvgIpc) is 2.39. The summed E-state index contributed by atoms with van der Waals surface area (Å²) >= 11 is 0. The van der Waals surface area contributed by atoms with Crippen LogP contribution in [0.3, 0.4) is 0 Å². The van der Waals surface area contributed by atoms with Crippen LogP contribution in [0, 0.1) is 0 Å². The van der Waals surface area contributed by atoms with Crippen molar-refractivity contribution in [2.75, 3.05) is 13.2 Å². The highest BCUT2D eigenvalue weighted by molar-refractivity contribution is 5.72. The number of nitrogens with two attached hydrogens (primary N) is 1. The summed E-state index contributed by atoms with van der Waals surface area (Å²) in [5.74, 6) is 0. The smallest absolute Gasteiger partial charge is 0.332 e. The summed E-state index contributed by atoms with van der Waals surface area (Å²) in [6.07, 6.45) is 12.8. The highest BCUT2D eigenvalue weighted by Gasteiger charge is 1.92. The van der Waals surface area contributed by atoms with Crippen LogP contribution in [0.1, 0.15) is 64.7 Å². The molecule has 112 valence electrons. The van der Waals surface area contributed by atoms with E-state index in [-0.39, 0.29) is 0 Å². The van der Waals surface area contributed by atoms with Gasteiger partial charge in [-0.1, -0.05) is 51.9 Å². The van der Waals surface area contributed by atoms with Gasteiger partial charge in [-0.3, -0.25) is 0 Å². The Bertz CT molecular complexity index is 233. The van der Waals surface area contributed by atoms with Gasteiger partial charge in [0.15, 0.2) is 0 Å². The summed E-state index contributed by atoms with van der Waals surface area (Å²) < 4.78 is 5.45. The second-order valence-corrected chi connectivity index (χ2v) is 4.66. The van der Waals surface area contributed by atoms with Gasteiger partial charge < -0.3 is 10.5 Å². The van der Waals surface area contributed by atoms with Crippen LogP contribution in [0.4, 0.5) is 4.79 Å². The topological polar surface area (TPSA) is 76.7 Å². The molecule has 2 amide bonds. The van der Waals surface area contributed by atoms with E-state index in [1.165, 1.54) is 44.9 Å². The quantitative estimate of drug-likeness (QED) is 0.306. The first-order valence-corrected chi connectivity index (χ1v) is 7.42. The van der Waals surface area contributed by atoms with Gasteiger partial charge in [0.1, 0.15) is 0 Å². The minimum absolute atomic E-state index is 0.639. The molecule has 0 aliphatic rings. The monoisotopic (exact) mass is 271 g/mol. The first-order chi connectivity index (χ1) is 9.27. The van der Waals surface area contributed by atoms with Gasteiger partial charge >= 0.3 is 6.03 Å². The average molecular weight is 271 g/mol. The standard InChI is InChI=1S/C14H29N3O2/c1-2-3-4-5-6-7-8-9-12-19-13-10-11-16-17-14(15)18/h11H,2-10,12-13H2,1H3,(H3,15,17,18). The van der Waals surface area contributed by atoms with Gasteiger partial charge in [-0.25, -0.2) is 10.2 Å². The summed E-state index contributed by atoms with van der Waals surface area (Å²) in [5, 5.41) is 3.62. The van der Waals surface area contributed by atoms with E-state index in [0.717, 1.165) is 13.0 Å². The normalized spacial score (nSPS) is 11.0. The highest BCUT2D eigenvalue weighted by atomic mass is 16.5. The first-order valence-electron chi connectivity index (χ1n) is 7.42. The number of primary amides is 1. The third-order valence-corrected chi connectivity index (χ3v) is 2.80. The van der Waals surface area contributed by atoms with Crippen LogP contribution in [0.25, 0.3) is 0 Å². The zero-order chi connectivity index (χ0) is 14.2. The molecule has 0 aromatic heterocycles. The molecule has 3 N–H and O–H groups in total. The molecule has 0 aliphatic carbocycles. The van der Waals surface area contributed by atoms with Gasteiger partial charge in [0.2, 0.25) is 0 Å². The van der Waals surface area contributed by atoms with Crippen LogP contribution >= 0.6 is 0 Å². The Morgan fingerprint density at radius 1 is 1.11 bits per heavy atom. The van der Waals surface area contributed by atoms with Gasteiger partial charge in [-0.15, -0.1) is 0 Å². The molecule has 0 bridgehead atoms. The van der Waals surface area contributed by atoms with Gasteiger partial charge in [-0.2, -0.15) is 5.10 Å². The number of unbranched alkanes of at least 4 members (excludes halogenated alkanes) is 7. The number of amides is 2. The van der Waals surface area contributed by atoms with Crippen LogP contribution < -0.4 is 11.2 Å².